The van der Waals surface area contributed by atoms with Gasteiger partial charge in [-0.15, -0.1) is 0 Å². The molecule has 0 radical (unpaired) electrons. The second kappa shape index (κ2) is 5.10. The number of pyridine rings is 1. The largest absolute Gasteiger partial charge is 0.388 e. The predicted molar refractivity (Wildman–Crippen MR) is 67.0 cm³/mol. The van der Waals surface area contributed by atoms with E-state index in [0.717, 1.165) is 18.7 Å². The molecule has 1 aliphatic carbocycles. The number of nitrogens with one attached hydrogen (secondary N) is 1. The van der Waals surface area contributed by atoms with Crippen molar-refractivity contribution < 1.29 is 14.8 Å². The van der Waals surface area contributed by atoms with Gasteiger partial charge < -0.3 is 10.4 Å². The summed E-state index contributed by atoms with van der Waals surface area (Å²) < 4.78 is 0. The molecular formula is C11H12ClN3O4. The number of carbonyl (C=O) groups excluding carboxylic acids is 1. The van der Waals surface area contributed by atoms with Crippen molar-refractivity contribution >= 4 is 23.2 Å². The summed E-state index contributed by atoms with van der Waals surface area (Å²) in [4.78, 5) is 25.6. The van der Waals surface area contributed by atoms with E-state index in [1.165, 1.54) is 0 Å². The first-order chi connectivity index (χ1) is 8.91. The van der Waals surface area contributed by atoms with Gasteiger partial charge in [0.05, 0.1) is 10.5 Å². The summed E-state index contributed by atoms with van der Waals surface area (Å²) in [7, 11) is 0. The molecule has 8 heteroatoms. The zero-order valence-electron chi connectivity index (χ0n) is 9.93. The van der Waals surface area contributed by atoms with Crippen LogP contribution in [0.1, 0.15) is 29.6 Å². The third kappa shape index (κ3) is 2.99. The van der Waals surface area contributed by atoms with Crippen LogP contribution in [0.15, 0.2) is 12.3 Å². The molecule has 1 fully saturated rings. The lowest BCUT2D eigenvalue weighted by atomic mass is 9.80. The number of hydrogen-bond acceptors (Lipinski definition) is 5. The Morgan fingerprint density at radius 1 is 1.63 bits per heavy atom. The third-order valence-corrected chi connectivity index (χ3v) is 3.36. The van der Waals surface area contributed by atoms with Gasteiger partial charge in [-0.1, -0.05) is 11.6 Å². The van der Waals surface area contributed by atoms with Crippen LogP contribution in [0, 0.1) is 10.1 Å². The van der Waals surface area contributed by atoms with Gasteiger partial charge in [0.2, 0.25) is 0 Å². The van der Waals surface area contributed by atoms with E-state index in [0.29, 0.717) is 12.8 Å². The molecule has 0 atom stereocenters. The van der Waals surface area contributed by atoms with Crippen LogP contribution in [0.4, 0.5) is 5.69 Å². The molecule has 19 heavy (non-hydrogen) atoms. The topological polar surface area (TPSA) is 105 Å². The van der Waals surface area contributed by atoms with E-state index >= 15 is 0 Å². The van der Waals surface area contributed by atoms with E-state index in [9.17, 15) is 20.0 Å². The summed E-state index contributed by atoms with van der Waals surface area (Å²) in [5.74, 6) is -0.642. The monoisotopic (exact) mass is 285 g/mol. The molecule has 0 unspecified atom stereocenters. The molecule has 0 aromatic carbocycles. The molecule has 0 aliphatic heterocycles. The molecule has 1 aromatic rings. The Hall–Kier alpha value is -1.73. The number of halogens is 1. The van der Waals surface area contributed by atoms with Crippen LogP contribution in [0.3, 0.4) is 0 Å². The number of amides is 1. The predicted octanol–water partition coefficient (Wildman–Crippen LogP) is 1.29. The molecule has 1 amide bonds. The number of hydrogen-bond donors (Lipinski definition) is 2. The molecule has 1 aromatic heterocycles. The van der Waals surface area contributed by atoms with Crippen LogP contribution in [-0.2, 0) is 0 Å². The van der Waals surface area contributed by atoms with Gasteiger partial charge in [0, 0.05) is 6.54 Å². The van der Waals surface area contributed by atoms with E-state index < -0.39 is 22.1 Å². The molecule has 0 bridgehead atoms. The Kier molecular flexibility index (Phi) is 3.68. The van der Waals surface area contributed by atoms with Crippen molar-refractivity contribution in [3.8, 4) is 0 Å². The van der Waals surface area contributed by atoms with Gasteiger partial charge in [0.15, 0.2) is 0 Å². The maximum Gasteiger partial charge on any atom is 0.300 e. The zero-order valence-corrected chi connectivity index (χ0v) is 10.7. The fourth-order valence-corrected chi connectivity index (χ4v) is 2.01. The first kappa shape index (κ1) is 13.7. The molecule has 0 saturated heterocycles. The molecule has 102 valence electrons. The van der Waals surface area contributed by atoms with Crippen LogP contribution in [-0.4, -0.2) is 33.1 Å². The maximum atomic E-state index is 11.9. The quantitative estimate of drug-likeness (QED) is 0.492. The molecule has 0 spiro atoms. The summed E-state index contributed by atoms with van der Waals surface area (Å²) in [6.07, 6.45) is 3.09. The highest BCUT2D eigenvalue weighted by Crippen LogP contribution is 2.30. The summed E-state index contributed by atoms with van der Waals surface area (Å²) in [6, 6.07) is 1.14. The van der Waals surface area contributed by atoms with E-state index in [4.69, 9.17) is 11.6 Å². The summed E-state index contributed by atoms with van der Waals surface area (Å²) in [5.41, 5.74) is -1.46. The van der Waals surface area contributed by atoms with Crippen molar-refractivity contribution in [1.82, 2.24) is 10.3 Å². The molecule has 1 aliphatic rings. The highest BCUT2D eigenvalue weighted by Gasteiger charge is 2.35. The number of rotatable bonds is 4. The average molecular weight is 286 g/mol. The van der Waals surface area contributed by atoms with Crippen molar-refractivity contribution in [2.45, 2.75) is 24.9 Å². The fourth-order valence-electron chi connectivity index (χ4n) is 1.85. The van der Waals surface area contributed by atoms with Crippen molar-refractivity contribution in [2.75, 3.05) is 6.54 Å². The summed E-state index contributed by atoms with van der Waals surface area (Å²) in [6.45, 7) is 0.0724. The molecule has 2 N–H and O–H groups in total. The minimum atomic E-state index is -0.888. The molecule has 1 heterocycles. The standard InChI is InChI=1S/C11H12ClN3O4/c12-9-4-7(8(5-13-9)15(18)19)10(16)14-6-11(17)2-1-3-11/h4-5,17H,1-3,6H2,(H,14,16). The van der Waals surface area contributed by atoms with Crippen molar-refractivity contribution in [1.29, 1.82) is 0 Å². The lowest BCUT2D eigenvalue weighted by Crippen LogP contribution is -2.47. The molecule has 2 rings (SSSR count). The Balaban J connectivity index is 2.13. The highest BCUT2D eigenvalue weighted by molar-refractivity contribution is 6.29. The second-order valence-corrected chi connectivity index (χ2v) is 4.93. The first-order valence-corrected chi connectivity index (χ1v) is 6.10. The lowest BCUT2D eigenvalue weighted by molar-refractivity contribution is -0.385. The van der Waals surface area contributed by atoms with Crippen molar-refractivity contribution in [3.63, 3.8) is 0 Å². The van der Waals surface area contributed by atoms with Crippen LogP contribution < -0.4 is 5.32 Å². The lowest BCUT2D eigenvalue weighted by Gasteiger charge is -2.36. The Morgan fingerprint density at radius 2 is 2.32 bits per heavy atom. The van der Waals surface area contributed by atoms with E-state index in [1.54, 1.807) is 0 Å². The minimum Gasteiger partial charge on any atom is -0.388 e. The second-order valence-electron chi connectivity index (χ2n) is 4.54. The van der Waals surface area contributed by atoms with Crippen LogP contribution in [0.5, 0.6) is 0 Å². The van der Waals surface area contributed by atoms with Crippen LogP contribution in [0.2, 0.25) is 5.15 Å². The maximum absolute atomic E-state index is 11.9. The van der Waals surface area contributed by atoms with E-state index in [1.807, 2.05) is 0 Å². The fraction of sp³-hybridized carbons (Fsp3) is 0.455. The van der Waals surface area contributed by atoms with Gasteiger partial charge in [0.25, 0.3) is 11.6 Å². The summed E-state index contributed by atoms with van der Waals surface area (Å²) >= 11 is 5.63. The number of aromatic nitrogens is 1. The smallest absolute Gasteiger partial charge is 0.300 e. The molecule has 7 nitrogen and oxygen atoms in total. The highest BCUT2D eigenvalue weighted by atomic mass is 35.5. The number of carbonyl (C=O) groups is 1. The molecular weight excluding hydrogens is 274 g/mol. The Bertz CT molecular complexity index is 531. The van der Waals surface area contributed by atoms with E-state index in [-0.39, 0.29) is 17.3 Å². The van der Waals surface area contributed by atoms with Gasteiger partial charge >= 0.3 is 0 Å². The van der Waals surface area contributed by atoms with Gasteiger partial charge in [0.1, 0.15) is 16.9 Å². The zero-order chi connectivity index (χ0) is 14.0. The Labute approximate surface area is 113 Å². The average Bonchev–Trinajstić information content (AvgIpc) is 2.33. The van der Waals surface area contributed by atoms with E-state index in [2.05, 4.69) is 10.3 Å². The SMILES string of the molecule is O=C(NCC1(O)CCC1)c1cc(Cl)ncc1[N+](=O)[O-]. The van der Waals surface area contributed by atoms with Gasteiger partial charge in [-0.3, -0.25) is 14.9 Å². The van der Waals surface area contributed by atoms with Crippen LogP contribution >= 0.6 is 11.6 Å². The number of nitro groups is 1. The van der Waals surface area contributed by atoms with Gasteiger partial charge in [-0.2, -0.15) is 0 Å². The van der Waals surface area contributed by atoms with Crippen LogP contribution in [0.25, 0.3) is 0 Å². The number of nitrogens with zero attached hydrogens (tertiary/aromatic N) is 2. The molecule has 1 saturated carbocycles. The normalized spacial score (nSPS) is 16.5. The third-order valence-electron chi connectivity index (χ3n) is 3.15. The minimum absolute atomic E-state index is 0.00175. The van der Waals surface area contributed by atoms with Gasteiger partial charge in [-0.05, 0) is 25.3 Å². The van der Waals surface area contributed by atoms with Crippen molar-refractivity contribution in [2.24, 2.45) is 0 Å². The van der Waals surface area contributed by atoms with Crippen molar-refractivity contribution in [3.05, 3.63) is 33.1 Å². The van der Waals surface area contributed by atoms with Gasteiger partial charge in [-0.25, -0.2) is 4.98 Å². The first-order valence-electron chi connectivity index (χ1n) is 5.72. The summed E-state index contributed by atoms with van der Waals surface area (Å²) in [5, 5.41) is 23.1. The Morgan fingerprint density at radius 3 is 2.84 bits per heavy atom. The number of aliphatic hydroxyl groups is 1.